The van der Waals surface area contributed by atoms with Gasteiger partial charge in [-0.3, -0.25) is 14.9 Å². The molecule has 2 aromatic rings. The van der Waals surface area contributed by atoms with Crippen LogP contribution in [-0.2, 0) is 0 Å². The van der Waals surface area contributed by atoms with Crippen molar-refractivity contribution in [2.75, 3.05) is 6.61 Å². The number of nitro groups is 1. The van der Waals surface area contributed by atoms with E-state index in [1.54, 1.807) is 6.92 Å². The minimum atomic E-state index is -0.486. The van der Waals surface area contributed by atoms with Gasteiger partial charge < -0.3 is 4.74 Å². The summed E-state index contributed by atoms with van der Waals surface area (Å²) in [6.07, 6.45) is 1.49. The summed E-state index contributed by atoms with van der Waals surface area (Å²) in [7, 11) is 0. The van der Waals surface area contributed by atoms with Crippen molar-refractivity contribution in [3.8, 4) is 5.75 Å². The summed E-state index contributed by atoms with van der Waals surface area (Å²) < 4.78 is 5.46. The number of carbonyl (C=O) groups is 1. The van der Waals surface area contributed by atoms with Crippen molar-refractivity contribution in [2.24, 2.45) is 5.10 Å². The van der Waals surface area contributed by atoms with Crippen molar-refractivity contribution < 1.29 is 14.5 Å². The molecule has 0 aromatic heterocycles. The molecule has 0 saturated carbocycles. The Labute approximate surface area is 139 Å². The first-order chi connectivity index (χ1) is 11.5. The molecule has 0 aliphatic heterocycles. The molecule has 0 radical (unpaired) electrons. The SMILES string of the molecule is CCOc1ccccc1C=NNC(=O)c1ccc([N+](=O)[O-])c(C)c1. The molecule has 24 heavy (non-hydrogen) atoms. The lowest BCUT2D eigenvalue weighted by Gasteiger charge is -2.06. The summed E-state index contributed by atoms with van der Waals surface area (Å²) in [6, 6.07) is 11.5. The Hall–Kier alpha value is -3.22. The highest BCUT2D eigenvalue weighted by Crippen LogP contribution is 2.19. The molecule has 0 spiro atoms. The summed E-state index contributed by atoms with van der Waals surface area (Å²) in [4.78, 5) is 22.4. The van der Waals surface area contributed by atoms with E-state index in [1.807, 2.05) is 31.2 Å². The van der Waals surface area contributed by atoms with Crippen LogP contribution in [0.25, 0.3) is 0 Å². The number of hydrogen-bond donors (Lipinski definition) is 1. The maximum Gasteiger partial charge on any atom is 0.272 e. The van der Waals surface area contributed by atoms with Crippen LogP contribution in [0.1, 0.15) is 28.4 Å². The number of benzene rings is 2. The Morgan fingerprint density at radius 2 is 2.08 bits per heavy atom. The van der Waals surface area contributed by atoms with Gasteiger partial charge in [-0.15, -0.1) is 0 Å². The van der Waals surface area contributed by atoms with Crippen LogP contribution >= 0.6 is 0 Å². The summed E-state index contributed by atoms with van der Waals surface area (Å²) in [5, 5.41) is 14.7. The van der Waals surface area contributed by atoms with Crippen LogP contribution in [0.2, 0.25) is 0 Å². The molecule has 0 bridgehead atoms. The molecule has 1 N–H and O–H groups in total. The first kappa shape index (κ1) is 17.1. The van der Waals surface area contributed by atoms with Crippen LogP contribution in [0.15, 0.2) is 47.6 Å². The molecule has 0 fully saturated rings. The number of nitrogens with zero attached hydrogens (tertiary/aromatic N) is 2. The lowest BCUT2D eigenvalue weighted by atomic mass is 10.1. The third kappa shape index (κ3) is 4.16. The van der Waals surface area contributed by atoms with E-state index in [1.165, 1.54) is 24.4 Å². The zero-order valence-corrected chi connectivity index (χ0v) is 13.4. The van der Waals surface area contributed by atoms with E-state index in [0.29, 0.717) is 23.5 Å². The van der Waals surface area contributed by atoms with Crippen LogP contribution in [-0.4, -0.2) is 23.7 Å². The fraction of sp³-hybridized carbons (Fsp3) is 0.176. The molecule has 124 valence electrons. The molecular formula is C17H17N3O4. The predicted molar refractivity (Wildman–Crippen MR) is 90.5 cm³/mol. The molecule has 1 amide bonds. The molecule has 0 atom stereocenters. The summed E-state index contributed by atoms with van der Waals surface area (Å²) in [5.41, 5.74) is 3.82. The van der Waals surface area contributed by atoms with E-state index in [2.05, 4.69) is 10.5 Å². The molecule has 0 saturated heterocycles. The Morgan fingerprint density at radius 1 is 1.33 bits per heavy atom. The number of hydrazone groups is 1. The number of ether oxygens (including phenoxy) is 1. The van der Waals surface area contributed by atoms with Gasteiger partial charge in [0.2, 0.25) is 0 Å². The normalized spacial score (nSPS) is 10.6. The van der Waals surface area contributed by atoms with Crippen molar-refractivity contribution in [1.82, 2.24) is 5.43 Å². The number of para-hydroxylation sites is 1. The zero-order valence-electron chi connectivity index (χ0n) is 13.4. The molecular weight excluding hydrogens is 310 g/mol. The fourth-order valence-corrected chi connectivity index (χ4v) is 2.10. The third-order valence-electron chi connectivity index (χ3n) is 3.24. The number of rotatable bonds is 6. The standard InChI is InChI=1S/C17H17N3O4/c1-3-24-16-7-5-4-6-14(16)11-18-19-17(21)13-8-9-15(20(22)23)12(2)10-13/h4-11H,3H2,1-2H3,(H,19,21). The summed E-state index contributed by atoms with van der Waals surface area (Å²) >= 11 is 0. The second-order valence-electron chi connectivity index (χ2n) is 4.93. The molecule has 0 aliphatic rings. The molecule has 2 rings (SSSR count). The smallest absolute Gasteiger partial charge is 0.272 e. The summed E-state index contributed by atoms with van der Waals surface area (Å²) in [5.74, 6) is 0.224. The van der Waals surface area contributed by atoms with Gasteiger partial charge in [0.1, 0.15) is 5.75 Å². The van der Waals surface area contributed by atoms with Gasteiger partial charge in [0, 0.05) is 22.8 Å². The first-order valence-electron chi connectivity index (χ1n) is 7.33. The van der Waals surface area contributed by atoms with Crippen LogP contribution in [0, 0.1) is 17.0 Å². The van der Waals surface area contributed by atoms with Gasteiger partial charge in [-0.25, -0.2) is 5.43 Å². The van der Waals surface area contributed by atoms with Crippen LogP contribution in [0.5, 0.6) is 5.75 Å². The quantitative estimate of drug-likeness (QED) is 0.501. The first-order valence-corrected chi connectivity index (χ1v) is 7.33. The van der Waals surface area contributed by atoms with Crippen molar-refractivity contribution in [1.29, 1.82) is 0 Å². The lowest BCUT2D eigenvalue weighted by Crippen LogP contribution is -2.17. The topological polar surface area (TPSA) is 93.8 Å². The molecule has 0 aliphatic carbocycles. The average Bonchev–Trinajstić information content (AvgIpc) is 2.56. The Morgan fingerprint density at radius 3 is 2.75 bits per heavy atom. The molecule has 2 aromatic carbocycles. The third-order valence-corrected chi connectivity index (χ3v) is 3.24. The van der Waals surface area contributed by atoms with Gasteiger partial charge in [0.15, 0.2) is 0 Å². The van der Waals surface area contributed by atoms with E-state index in [0.717, 1.165) is 5.56 Å². The van der Waals surface area contributed by atoms with E-state index in [9.17, 15) is 14.9 Å². The van der Waals surface area contributed by atoms with Gasteiger partial charge in [-0.1, -0.05) is 12.1 Å². The zero-order chi connectivity index (χ0) is 17.5. The second-order valence-corrected chi connectivity index (χ2v) is 4.93. The van der Waals surface area contributed by atoms with Crippen LogP contribution in [0.3, 0.4) is 0 Å². The highest BCUT2D eigenvalue weighted by molar-refractivity contribution is 5.95. The maximum atomic E-state index is 12.1. The second kappa shape index (κ2) is 7.87. The summed E-state index contributed by atoms with van der Waals surface area (Å²) in [6.45, 7) is 3.99. The Balaban J connectivity index is 2.08. The minimum Gasteiger partial charge on any atom is -0.493 e. The number of nitrogens with one attached hydrogen (secondary N) is 1. The predicted octanol–water partition coefficient (Wildman–Crippen LogP) is 3.07. The highest BCUT2D eigenvalue weighted by atomic mass is 16.6. The van der Waals surface area contributed by atoms with Crippen molar-refractivity contribution >= 4 is 17.8 Å². The van der Waals surface area contributed by atoms with Crippen LogP contribution in [0.4, 0.5) is 5.69 Å². The number of carbonyl (C=O) groups excluding carboxylic acids is 1. The average molecular weight is 327 g/mol. The van der Waals surface area contributed by atoms with E-state index in [-0.39, 0.29) is 5.69 Å². The van der Waals surface area contributed by atoms with Crippen molar-refractivity contribution in [3.63, 3.8) is 0 Å². The Kier molecular flexibility index (Phi) is 5.62. The van der Waals surface area contributed by atoms with E-state index in [4.69, 9.17) is 4.74 Å². The lowest BCUT2D eigenvalue weighted by molar-refractivity contribution is -0.385. The highest BCUT2D eigenvalue weighted by Gasteiger charge is 2.13. The molecule has 7 heteroatoms. The van der Waals surface area contributed by atoms with Gasteiger partial charge in [-0.2, -0.15) is 5.10 Å². The fourth-order valence-electron chi connectivity index (χ4n) is 2.10. The maximum absolute atomic E-state index is 12.1. The van der Waals surface area contributed by atoms with Gasteiger partial charge in [0.05, 0.1) is 17.7 Å². The number of amides is 1. The number of aryl methyl sites for hydroxylation is 1. The number of nitro benzene ring substituents is 1. The monoisotopic (exact) mass is 327 g/mol. The van der Waals surface area contributed by atoms with Crippen molar-refractivity contribution in [2.45, 2.75) is 13.8 Å². The molecule has 0 unspecified atom stereocenters. The largest absolute Gasteiger partial charge is 0.493 e. The Bertz CT molecular complexity index is 787. The minimum absolute atomic E-state index is 0.0271. The molecule has 0 heterocycles. The van der Waals surface area contributed by atoms with E-state index < -0.39 is 10.8 Å². The van der Waals surface area contributed by atoms with Gasteiger partial charge in [-0.05, 0) is 38.1 Å². The van der Waals surface area contributed by atoms with Gasteiger partial charge >= 0.3 is 0 Å². The van der Waals surface area contributed by atoms with Gasteiger partial charge in [0.25, 0.3) is 11.6 Å². The van der Waals surface area contributed by atoms with Crippen molar-refractivity contribution in [3.05, 3.63) is 69.3 Å². The van der Waals surface area contributed by atoms with Crippen LogP contribution < -0.4 is 10.2 Å². The van der Waals surface area contributed by atoms with E-state index >= 15 is 0 Å². The number of hydrogen-bond acceptors (Lipinski definition) is 5. The molecule has 7 nitrogen and oxygen atoms in total.